The van der Waals surface area contributed by atoms with Crippen LogP contribution in [0.2, 0.25) is 0 Å². The van der Waals surface area contributed by atoms with Crippen molar-refractivity contribution in [3.8, 4) is 5.75 Å². The van der Waals surface area contributed by atoms with Gasteiger partial charge in [-0.1, -0.05) is 12.1 Å². The molecule has 1 aromatic carbocycles. The van der Waals surface area contributed by atoms with Crippen molar-refractivity contribution in [2.24, 2.45) is 0 Å². The molecule has 1 aliphatic rings. The Morgan fingerprint density at radius 3 is 3.00 bits per heavy atom. The quantitative estimate of drug-likeness (QED) is 0.746. The van der Waals surface area contributed by atoms with Gasteiger partial charge in [-0.2, -0.15) is 0 Å². The minimum absolute atomic E-state index is 0.254. The minimum Gasteiger partial charge on any atom is -0.489 e. The number of nitrogens with two attached hydrogens (primary N) is 1. The first-order valence-electron chi connectivity index (χ1n) is 7.68. The lowest BCUT2D eigenvalue weighted by Gasteiger charge is -2.33. The van der Waals surface area contributed by atoms with Gasteiger partial charge in [0.1, 0.15) is 18.5 Å². The molecule has 0 amide bonds. The zero-order valence-corrected chi connectivity index (χ0v) is 12.7. The smallest absolute Gasteiger partial charge is 0.142 e. The summed E-state index contributed by atoms with van der Waals surface area (Å²) in [5.74, 6) is 0.627. The number of aliphatic hydroxyl groups excluding tert-OH is 1. The van der Waals surface area contributed by atoms with Crippen LogP contribution < -0.4 is 10.5 Å². The fourth-order valence-corrected chi connectivity index (χ4v) is 2.70. The Bertz CT molecular complexity index is 426. The Morgan fingerprint density at radius 1 is 1.43 bits per heavy atom. The molecular weight excluding hydrogens is 268 g/mol. The molecule has 0 bridgehead atoms. The van der Waals surface area contributed by atoms with Crippen LogP contribution in [-0.4, -0.2) is 55.1 Å². The SMILES string of the molecule is CCOC1CCCN(CC(O)COc2ccccc2N)C1. The highest BCUT2D eigenvalue weighted by Gasteiger charge is 2.22. The maximum absolute atomic E-state index is 10.1. The Hall–Kier alpha value is -1.30. The van der Waals surface area contributed by atoms with Crippen LogP contribution in [0.3, 0.4) is 0 Å². The molecule has 1 heterocycles. The molecule has 0 aromatic heterocycles. The van der Waals surface area contributed by atoms with Crippen molar-refractivity contribution in [1.29, 1.82) is 0 Å². The number of hydrogen-bond donors (Lipinski definition) is 2. The van der Waals surface area contributed by atoms with E-state index in [1.165, 1.54) is 0 Å². The molecule has 5 nitrogen and oxygen atoms in total. The number of piperidine rings is 1. The fraction of sp³-hybridized carbons (Fsp3) is 0.625. The third-order valence-electron chi connectivity index (χ3n) is 3.68. The molecule has 2 atom stereocenters. The summed E-state index contributed by atoms with van der Waals surface area (Å²) in [6, 6.07) is 7.34. The van der Waals surface area contributed by atoms with Gasteiger partial charge >= 0.3 is 0 Å². The molecule has 2 unspecified atom stereocenters. The van der Waals surface area contributed by atoms with E-state index in [2.05, 4.69) is 4.90 Å². The van der Waals surface area contributed by atoms with Gasteiger partial charge in [0.25, 0.3) is 0 Å². The lowest BCUT2D eigenvalue weighted by molar-refractivity contribution is -0.0122. The van der Waals surface area contributed by atoms with Gasteiger partial charge in [-0.25, -0.2) is 0 Å². The molecule has 2 rings (SSSR count). The first-order valence-corrected chi connectivity index (χ1v) is 7.68. The summed E-state index contributed by atoms with van der Waals surface area (Å²) >= 11 is 0. The third kappa shape index (κ3) is 5.19. The van der Waals surface area contributed by atoms with Crippen LogP contribution in [0.1, 0.15) is 19.8 Å². The third-order valence-corrected chi connectivity index (χ3v) is 3.68. The van der Waals surface area contributed by atoms with Crippen molar-refractivity contribution >= 4 is 5.69 Å². The van der Waals surface area contributed by atoms with Gasteiger partial charge in [0, 0.05) is 19.7 Å². The van der Waals surface area contributed by atoms with Gasteiger partial charge in [0.15, 0.2) is 0 Å². The largest absolute Gasteiger partial charge is 0.489 e. The van der Waals surface area contributed by atoms with Gasteiger partial charge < -0.3 is 20.3 Å². The van der Waals surface area contributed by atoms with Crippen LogP contribution in [-0.2, 0) is 4.74 Å². The molecule has 0 radical (unpaired) electrons. The average molecular weight is 294 g/mol. The minimum atomic E-state index is -0.523. The summed E-state index contributed by atoms with van der Waals surface area (Å²) in [5.41, 5.74) is 6.41. The van der Waals surface area contributed by atoms with Gasteiger partial charge in [-0.15, -0.1) is 0 Å². The summed E-state index contributed by atoms with van der Waals surface area (Å²) in [6.07, 6.45) is 1.99. The molecule has 1 aromatic rings. The second-order valence-electron chi connectivity index (χ2n) is 5.48. The van der Waals surface area contributed by atoms with Gasteiger partial charge in [-0.05, 0) is 38.4 Å². The molecule has 1 fully saturated rings. The lowest BCUT2D eigenvalue weighted by Crippen LogP contribution is -2.44. The van der Waals surface area contributed by atoms with Gasteiger partial charge in [-0.3, -0.25) is 4.90 Å². The van der Waals surface area contributed by atoms with E-state index in [-0.39, 0.29) is 6.61 Å². The van der Waals surface area contributed by atoms with Crippen LogP contribution >= 0.6 is 0 Å². The van der Waals surface area contributed by atoms with Crippen LogP contribution in [0.25, 0.3) is 0 Å². The number of hydrogen-bond acceptors (Lipinski definition) is 5. The predicted molar refractivity (Wildman–Crippen MR) is 83.4 cm³/mol. The fourth-order valence-electron chi connectivity index (χ4n) is 2.70. The Morgan fingerprint density at radius 2 is 2.24 bits per heavy atom. The number of β-amino-alcohol motifs (C(OH)–C–C–N with tert-alkyl or cyclic N) is 1. The van der Waals surface area contributed by atoms with E-state index in [1.807, 2.05) is 25.1 Å². The van der Waals surface area contributed by atoms with Crippen molar-refractivity contribution in [2.75, 3.05) is 38.6 Å². The maximum atomic E-state index is 10.1. The predicted octanol–water partition coefficient (Wildman–Crippen LogP) is 1.51. The van der Waals surface area contributed by atoms with Crippen LogP contribution in [0.15, 0.2) is 24.3 Å². The molecule has 0 spiro atoms. The van der Waals surface area contributed by atoms with E-state index in [9.17, 15) is 5.11 Å². The van der Waals surface area contributed by atoms with E-state index < -0.39 is 6.10 Å². The van der Waals surface area contributed by atoms with E-state index in [0.717, 1.165) is 32.5 Å². The van der Waals surface area contributed by atoms with Crippen LogP contribution in [0, 0.1) is 0 Å². The van der Waals surface area contributed by atoms with Crippen LogP contribution in [0.4, 0.5) is 5.69 Å². The van der Waals surface area contributed by atoms with E-state index >= 15 is 0 Å². The standard InChI is InChI=1S/C16H26N2O3/c1-2-20-14-6-5-9-18(11-14)10-13(19)12-21-16-8-4-3-7-15(16)17/h3-4,7-8,13-14,19H,2,5-6,9-12,17H2,1H3. The van der Waals surface area contributed by atoms with Crippen LogP contribution in [0.5, 0.6) is 5.75 Å². The number of rotatable bonds is 7. The summed E-state index contributed by atoms with van der Waals surface area (Å²) in [5, 5.41) is 10.1. The van der Waals surface area contributed by atoms with Gasteiger partial charge in [0.05, 0.1) is 11.8 Å². The Balaban J connectivity index is 1.74. The molecule has 0 aliphatic carbocycles. The van der Waals surface area contributed by atoms with Crippen molar-refractivity contribution < 1.29 is 14.6 Å². The second kappa shape index (κ2) is 8.22. The van der Waals surface area contributed by atoms with E-state index in [1.54, 1.807) is 6.07 Å². The summed E-state index contributed by atoms with van der Waals surface area (Å²) in [6.45, 7) is 5.52. The number of anilines is 1. The van der Waals surface area contributed by atoms with Crippen molar-refractivity contribution in [2.45, 2.75) is 32.0 Å². The first-order chi connectivity index (χ1) is 10.2. The highest BCUT2D eigenvalue weighted by molar-refractivity contribution is 5.51. The van der Waals surface area contributed by atoms with Crippen molar-refractivity contribution in [3.05, 3.63) is 24.3 Å². The van der Waals surface area contributed by atoms with Crippen molar-refractivity contribution in [1.82, 2.24) is 4.90 Å². The highest BCUT2D eigenvalue weighted by atomic mass is 16.5. The summed E-state index contributed by atoms with van der Waals surface area (Å²) in [7, 11) is 0. The number of likely N-dealkylation sites (tertiary alicyclic amines) is 1. The molecule has 0 saturated carbocycles. The van der Waals surface area contributed by atoms with E-state index in [0.29, 0.717) is 24.1 Å². The summed E-state index contributed by atoms with van der Waals surface area (Å²) < 4.78 is 11.3. The Kier molecular flexibility index (Phi) is 6.29. The lowest BCUT2D eigenvalue weighted by atomic mass is 10.1. The number of nitrogen functional groups attached to an aromatic ring is 1. The molecule has 3 N–H and O–H groups in total. The highest BCUT2D eigenvalue weighted by Crippen LogP contribution is 2.20. The summed E-state index contributed by atoms with van der Waals surface area (Å²) in [4.78, 5) is 2.24. The van der Waals surface area contributed by atoms with E-state index in [4.69, 9.17) is 15.2 Å². The van der Waals surface area contributed by atoms with Gasteiger partial charge in [0.2, 0.25) is 0 Å². The number of aliphatic hydroxyl groups is 1. The average Bonchev–Trinajstić information content (AvgIpc) is 2.47. The molecular formula is C16H26N2O3. The number of benzene rings is 1. The molecule has 1 saturated heterocycles. The van der Waals surface area contributed by atoms with Crippen molar-refractivity contribution in [3.63, 3.8) is 0 Å². The topological polar surface area (TPSA) is 68.0 Å². The zero-order chi connectivity index (χ0) is 15.1. The monoisotopic (exact) mass is 294 g/mol. The Labute approximate surface area is 126 Å². The number of nitrogens with zero attached hydrogens (tertiary/aromatic N) is 1. The second-order valence-corrected chi connectivity index (χ2v) is 5.48. The molecule has 21 heavy (non-hydrogen) atoms. The normalized spacial score (nSPS) is 21.1. The molecule has 118 valence electrons. The molecule has 1 aliphatic heterocycles. The maximum Gasteiger partial charge on any atom is 0.142 e. The number of ether oxygens (including phenoxy) is 2. The molecule has 5 heteroatoms. The zero-order valence-electron chi connectivity index (χ0n) is 12.7. The number of para-hydroxylation sites is 2. The first kappa shape index (κ1) is 16.1.